The topological polar surface area (TPSA) is 118 Å². The molecule has 1 aliphatic heterocycles. The van der Waals surface area contributed by atoms with Gasteiger partial charge in [0.1, 0.15) is 16.3 Å². The molecule has 0 bridgehead atoms. The zero-order chi connectivity index (χ0) is 22.2. The van der Waals surface area contributed by atoms with Gasteiger partial charge in [-0.2, -0.15) is 4.98 Å². The van der Waals surface area contributed by atoms with Crippen LogP contribution in [0, 0.1) is 0 Å². The number of carbonyl (C=O) groups excluding carboxylic acids is 2. The number of nitrogens with one attached hydrogen (secondary N) is 3. The van der Waals surface area contributed by atoms with Crippen LogP contribution in [-0.2, 0) is 4.74 Å². The Balaban J connectivity index is 1.57. The second kappa shape index (κ2) is 8.21. The summed E-state index contributed by atoms with van der Waals surface area (Å²) >= 11 is 7.39. The van der Waals surface area contributed by atoms with Crippen molar-refractivity contribution in [1.82, 2.24) is 20.3 Å². The molecule has 0 fully saturated rings. The van der Waals surface area contributed by atoms with Gasteiger partial charge in [0.25, 0.3) is 5.91 Å². The van der Waals surface area contributed by atoms with Gasteiger partial charge < -0.3 is 20.7 Å². The van der Waals surface area contributed by atoms with E-state index < -0.39 is 5.97 Å². The maximum absolute atomic E-state index is 12.4. The van der Waals surface area contributed by atoms with Crippen molar-refractivity contribution in [3.05, 3.63) is 46.2 Å². The van der Waals surface area contributed by atoms with Crippen LogP contribution in [-0.4, -0.2) is 46.5 Å². The molecular formula is C21H17ClN6O3S. The SMILES string of the molecule is CCOC(=O)c1cnc(Cl)nc1Nc1ccc2c(ccc3sc4c(c32)NCCNC4=O)n1. The predicted octanol–water partition coefficient (Wildman–Crippen LogP) is 3.97. The Bertz CT molecular complexity index is 1390. The molecule has 9 nitrogen and oxygen atoms in total. The number of ether oxygens (including phenoxy) is 1. The van der Waals surface area contributed by atoms with E-state index in [1.165, 1.54) is 17.5 Å². The smallest absolute Gasteiger partial charge is 0.343 e. The fourth-order valence-electron chi connectivity index (χ4n) is 3.58. The van der Waals surface area contributed by atoms with Gasteiger partial charge >= 0.3 is 5.97 Å². The summed E-state index contributed by atoms with van der Waals surface area (Å²) in [5, 5.41) is 11.2. The molecule has 32 heavy (non-hydrogen) atoms. The van der Waals surface area contributed by atoms with Crippen molar-refractivity contribution in [1.29, 1.82) is 0 Å². The molecule has 4 aromatic rings. The summed E-state index contributed by atoms with van der Waals surface area (Å²) in [6.07, 6.45) is 1.32. The zero-order valence-electron chi connectivity index (χ0n) is 16.9. The standard InChI is InChI=1S/C21H17ClN6O3S/c1-2-31-20(30)11-9-25-21(22)28-18(11)27-14-6-3-10-12(26-14)4-5-13-15(10)16-17(32-13)19(29)24-8-7-23-16/h3-6,9,23H,2,7-8H2,1H3,(H,24,29)(H,25,26,27,28). The summed E-state index contributed by atoms with van der Waals surface area (Å²) in [4.78, 5) is 38.0. The Labute approximate surface area is 191 Å². The number of halogens is 1. The predicted molar refractivity (Wildman–Crippen MR) is 124 cm³/mol. The number of thiophene rings is 1. The highest BCUT2D eigenvalue weighted by Crippen LogP contribution is 2.40. The average Bonchev–Trinajstić information content (AvgIpc) is 3.06. The number of rotatable bonds is 4. The normalized spacial score (nSPS) is 13.2. The third-order valence-electron chi connectivity index (χ3n) is 4.94. The molecule has 5 rings (SSSR count). The lowest BCUT2D eigenvalue weighted by Crippen LogP contribution is -2.24. The number of esters is 1. The highest BCUT2D eigenvalue weighted by molar-refractivity contribution is 7.21. The van der Waals surface area contributed by atoms with E-state index in [2.05, 4.69) is 30.9 Å². The molecule has 3 N–H and O–H groups in total. The summed E-state index contributed by atoms with van der Waals surface area (Å²) in [7, 11) is 0. The molecule has 1 amide bonds. The Kier molecular flexibility index (Phi) is 5.24. The van der Waals surface area contributed by atoms with Crippen LogP contribution in [0.3, 0.4) is 0 Å². The molecule has 1 aliphatic rings. The van der Waals surface area contributed by atoms with E-state index in [0.29, 0.717) is 23.8 Å². The molecular weight excluding hydrogens is 452 g/mol. The van der Waals surface area contributed by atoms with Crippen molar-refractivity contribution in [2.75, 3.05) is 30.3 Å². The first-order valence-electron chi connectivity index (χ1n) is 9.90. The maximum atomic E-state index is 12.4. The fraction of sp³-hybridized carbons (Fsp3) is 0.190. The Morgan fingerprint density at radius 2 is 2.06 bits per heavy atom. The number of amides is 1. The van der Waals surface area contributed by atoms with E-state index in [9.17, 15) is 9.59 Å². The highest BCUT2D eigenvalue weighted by atomic mass is 35.5. The quantitative estimate of drug-likeness (QED) is 0.304. The summed E-state index contributed by atoms with van der Waals surface area (Å²) in [6, 6.07) is 7.56. The molecule has 0 atom stereocenters. The number of benzene rings is 1. The van der Waals surface area contributed by atoms with Crippen molar-refractivity contribution in [2.45, 2.75) is 6.92 Å². The van der Waals surface area contributed by atoms with Crippen molar-refractivity contribution in [2.24, 2.45) is 0 Å². The number of hydrogen-bond donors (Lipinski definition) is 3. The fourth-order valence-corrected chi connectivity index (χ4v) is 4.82. The van der Waals surface area contributed by atoms with Gasteiger partial charge in [0.15, 0.2) is 5.82 Å². The van der Waals surface area contributed by atoms with Crippen LogP contribution in [0.4, 0.5) is 17.3 Å². The molecule has 0 radical (unpaired) electrons. The van der Waals surface area contributed by atoms with Crippen molar-refractivity contribution >= 4 is 73.1 Å². The molecule has 3 aromatic heterocycles. The van der Waals surface area contributed by atoms with E-state index in [1.807, 2.05) is 18.2 Å². The van der Waals surface area contributed by atoms with Crippen LogP contribution in [0.25, 0.3) is 21.0 Å². The van der Waals surface area contributed by atoms with E-state index in [1.54, 1.807) is 13.0 Å². The number of aromatic nitrogens is 3. The third kappa shape index (κ3) is 3.57. The van der Waals surface area contributed by atoms with Crippen LogP contribution in [0.1, 0.15) is 27.0 Å². The summed E-state index contributed by atoms with van der Waals surface area (Å²) in [6.45, 7) is 3.17. The summed E-state index contributed by atoms with van der Waals surface area (Å²) in [5.41, 5.74) is 1.72. The summed E-state index contributed by atoms with van der Waals surface area (Å²) < 4.78 is 6.07. The van der Waals surface area contributed by atoms with Crippen LogP contribution in [0.15, 0.2) is 30.5 Å². The monoisotopic (exact) mass is 468 g/mol. The third-order valence-corrected chi connectivity index (χ3v) is 6.28. The number of carbonyl (C=O) groups is 2. The number of hydrogen-bond acceptors (Lipinski definition) is 9. The first kappa shape index (κ1) is 20.4. The van der Waals surface area contributed by atoms with Gasteiger partial charge in [0, 0.05) is 34.8 Å². The van der Waals surface area contributed by atoms with Gasteiger partial charge in [-0.25, -0.2) is 14.8 Å². The molecule has 0 saturated carbocycles. The van der Waals surface area contributed by atoms with E-state index in [4.69, 9.17) is 16.3 Å². The van der Waals surface area contributed by atoms with Crippen LogP contribution < -0.4 is 16.0 Å². The Hall–Kier alpha value is -3.50. The van der Waals surface area contributed by atoms with Gasteiger partial charge in [0.05, 0.1) is 17.8 Å². The van der Waals surface area contributed by atoms with Crippen LogP contribution in [0.2, 0.25) is 5.28 Å². The number of pyridine rings is 1. The largest absolute Gasteiger partial charge is 0.462 e. The minimum atomic E-state index is -0.556. The van der Waals surface area contributed by atoms with Crippen molar-refractivity contribution in [3.8, 4) is 0 Å². The molecule has 0 aliphatic carbocycles. The van der Waals surface area contributed by atoms with Crippen LogP contribution in [0.5, 0.6) is 0 Å². The lowest BCUT2D eigenvalue weighted by molar-refractivity contribution is 0.0526. The number of fused-ring (bicyclic) bond motifs is 5. The molecule has 0 spiro atoms. The van der Waals surface area contributed by atoms with Crippen molar-refractivity contribution < 1.29 is 14.3 Å². The second-order valence-electron chi connectivity index (χ2n) is 6.94. The molecule has 0 saturated heterocycles. The number of anilines is 3. The van der Waals surface area contributed by atoms with Gasteiger partial charge in [0.2, 0.25) is 5.28 Å². The summed E-state index contributed by atoms with van der Waals surface area (Å²) in [5.74, 6) is 0.0560. The van der Waals surface area contributed by atoms with Gasteiger partial charge in [-0.3, -0.25) is 4.79 Å². The minimum Gasteiger partial charge on any atom is -0.462 e. The number of nitrogens with zero attached hydrogens (tertiary/aromatic N) is 3. The van der Waals surface area contributed by atoms with E-state index in [0.717, 1.165) is 26.7 Å². The highest BCUT2D eigenvalue weighted by Gasteiger charge is 2.22. The first-order valence-corrected chi connectivity index (χ1v) is 11.1. The minimum absolute atomic E-state index is 0.00615. The van der Waals surface area contributed by atoms with Gasteiger partial charge in [-0.15, -0.1) is 11.3 Å². The molecule has 162 valence electrons. The van der Waals surface area contributed by atoms with E-state index >= 15 is 0 Å². The van der Waals surface area contributed by atoms with Gasteiger partial charge in [-0.05, 0) is 42.8 Å². The lowest BCUT2D eigenvalue weighted by Gasteiger charge is -2.11. The molecule has 0 unspecified atom stereocenters. The zero-order valence-corrected chi connectivity index (χ0v) is 18.4. The maximum Gasteiger partial charge on any atom is 0.343 e. The lowest BCUT2D eigenvalue weighted by atomic mass is 10.1. The van der Waals surface area contributed by atoms with Gasteiger partial charge in [-0.1, -0.05) is 0 Å². The Morgan fingerprint density at radius 3 is 2.91 bits per heavy atom. The van der Waals surface area contributed by atoms with Crippen molar-refractivity contribution in [3.63, 3.8) is 0 Å². The average molecular weight is 469 g/mol. The first-order chi connectivity index (χ1) is 15.5. The van der Waals surface area contributed by atoms with E-state index in [-0.39, 0.29) is 29.2 Å². The molecule has 11 heteroatoms. The Morgan fingerprint density at radius 1 is 1.22 bits per heavy atom. The van der Waals surface area contributed by atoms with Crippen LogP contribution >= 0.6 is 22.9 Å². The molecule has 4 heterocycles. The second-order valence-corrected chi connectivity index (χ2v) is 8.33. The molecule has 1 aromatic carbocycles.